The lowest BCUT2D eigenvalue weighted by Crippen LogP contribution is -2.53. The van der Waals surface area contributed by atoms with Crippen LogP contribution in [0.25, 0.3) is 11.3 Å². The summed E-state index contributed by atoms with van der Waals surface area (Å²) in [5, 5.41) is 0. The highest BCUT2D eigenvalue weighted by molar-refractivity contribution is 6.04. The third-order valence-electron chi connectivity index (χ3n) is 10.7. The summed E-state index contributed by atoms with van der Waals surface area (Å²) in [6.07, 6.45) is 7.51. The van der Waals surface area contributed by atoms with Crippen LogP contribution in [0.1, 0.15) is 88.6 Å². The average Bonchev–Trinajstić information content (AvgIpc) is 3.10. The molecule has 6 nitrogen and oxygen atoms in total. The Bertz CT molecular complexity index is 1840. The first-order chi connectivity index (χ1) is 24.3. The molecule has 3 unspecified atom stereocenters. The lowest BCUT2D eigenvalue weighted by atomic mass is 9.77. The lowest BCUT2D eigenvalue weighted by Gasteiger charge is -2.43. The molecule has 4 heterocycles. The largest absolute Gasteiger partial charge is 0.368 e. The number of anilines is 2. The van der Waals surface area contributed by atoms with Crippen molar-refractivity contribution in [3.8, 4) is 11.3 Å². The number of hydrogen-bond donors (Lipinski definition) is 0. The highest BCUT2D eigenvalue weighted by Gasteiger charge is 2.35. The molecule has 1 fully saturated rings. The quantitative estimate of drug-likeness (QED) is 0.102. The van der Waals surface area contributed by atoms with Crippen molar-refractivity contribution in [2.45, 2.75) is 78.7 Å². The minimum absolute atomic E-state index is 0.0122. The van der Waals surface area contributed by atoms with E-state index in [-0.39, 0.29) is 35.1 Å². The molecule has 0 spiro atoms. The Morgan fingerprint density at radius 2 is 1.80 bits per heavy atom. The molecule has 0 aliphatic carbocycles. The maximum Gasteiger partial charge on any atom is 0.150 e. The van der Waals surface area contributed by atoms with Gasteiger partial charge in [-0.25, -0.2) is 13.8 Å². The molecular weight excluding hydrogens is 639 g/mol. The van der Waals surface area contributed by atoms with Gasteiger partial charge in [0.25, 0.3) is 0 Å². The first-order valence-electron chi connectivity index (χ1n) is 18.2. The average molecular weight is 693 g/mol. The van der Waals surface area contributed by atoms with Gasteiger partial charge in [0.1, 0.15) is 29.0 Å². The van der Waals surface area contributed by atoms with E-state index >= 15 is 8.78 Å². The van der Waals surface area contributed by atoms with E-state index in [1.165, 1.54) is 17.7 Å². The van der Waals surface area contributed by atoms with Gasteiger partial charge in [0.15, 0.2) is 0 Å². The maximum atomic E-state index is 16.7. The number of aryl methyl sites for hydroxylation is 1. The summed E-state index contributed by atoms with van der Waals surface area (Å²) in [6, 6.07) is 8.58. The molecule has 1 saturated heterocycles. The Kier molecular flexibility index (Phi) is 11.6. The SMILES string of the molecule is C=CC(=C)N1CCN(/C(=N/C)c2cc(F)c3nc2N(C=C)c2c(ccnc2C(C)C)C(CC(=C)C(C)C)C(C)CCc2cccc(F)c2-3)C(C)C1. The number of benzene rings is 1. The van der Waals surface area contributed by atoms with Gasteiger partial charge in [-0.2, -0.15) is 0 Å². The van der Waals surface area contributed by atoms with Crippen LogP contribution < -0.4 is 4.90 Å². The number of amidine groups is 1. The smallest absolute Gasteiger partial charge is 0.150 e. The first kappa shape index (κ1) is 37.7. The zero-order chi connectivity index (χ0) is 37.1. The number of fused-ring (bicyclic) bond motifs is 5. The molecule has 8 heteroatoms. The lowest BCUT2D eigenvalue weighted by molar-refractivity contribution is 0.171. The van der Waals surface area contributed by atoms with Gasteiger partial charge in [0, 0.05) is 56.4 Å². The third kappa shape index (κ3) is 7.42. The Balaban J connectivity index is 1.84. The molecule has 3 atom stereocenters. The van der Waals surface area contributed by atoms with E-state index in [9.17, 15) is 0 Å². The standard InChI is InChI=1S/C43H54F2N6/c1-12-30(9)49-21-22-51(31(10)25-49)42(46-11)35-24-37(45)40-38-32(15-14-16-36(38)44)18-17-28(7)34(23-29(8)26(3)4)33-19-20-47-39(27(5)6)41(33)50(13-2)43(35)48-40/h12-16,19-20,24,26-28,31,34H,1-2,8-9,17-18,21-23,25H2,3-7,10-11H3/b46-42+. The molecule has 0 radical (unpaired) electrons. The van der Waals surface area contributed by atoms with Gasteiger partial charge >= 0.3 is 0 Å². The van der Waals surface area contributed by atoms with E-state index in [2.05, 4.69) is 83.7 Å². The molecule has 2 aromatic heterocycles. The molecule has 2 aliphatic heterocycles. The molecule has 51 heavy (non-hydrogen) atoms. The molecule has 0 N–H and O–H groups in total. The second kappa shape index (κ2) is 15.7. The molecular formula is C43H54F2N6. The highest BCUT2D eigenvalue weighted by Crippen LogP contribution is 2.46. The van der Waals surface area contributed by atoms with Crippen LogP contribution in [0.5, 0.6) is 0 Å². The molecule has 270 valence electrons. The third-order valence-corrected chi connectivity index (χ3v) is 10.7. The summed E-state index contributed by atoms with van der Waals surface area (Å²) in [5.74, 6) is 0.515. The Morgan fingerprint density at radius 3 is 2.43 bits per heavy atom. The molecule has 2 bridgehead atoms. The van der Waals surface area contributed by atoms with Crippen molar-refractivity contribution in [3.63, 3.8) is 0 Å². The van der Waals surface area contributed by atoms with Gasteiger partial charge in [-0.3, -0.25) is 14.9 Å². The normalized spacial score (nSPS) is 19.6. The van der Waals surface area contributed by atoms with E-state index in [1.807, 2.05) is 17.2 Å². The van der Waals surface area contributed by atoms with Crippen LogP contribution in [0, 0.1) is 23.5 Å². The van der Waals surface area contributed by atoms with Gasteiger partial charge in [0.2, 0.25) is 0 Å². The Hall–Kier alpha value is -4.59. The van der Waals surface area contributed by atoms with Crippen molar-refractivity contribution in [2.75, 3.05) is 31.6 Å². The predicted octanol–water partition coefficient (Wildman–Crippen LogP) is 10.2. The monoisotopic (exact) mass is 692 g/mol. The van der Waals surface area contributed by atoms with E-state index in [0.717, 1.165) is 41.0 Å². The number of piperazine rings is 1. The number of nitrogens with zero attached hydrogens (tertiary/aromatic N) is 6. The second-order valence-electron chi connectivity index (χ2n) is 14.7. The van der Waals surface area contributed by atoms with Crippen molar-refractivity contribution in [2.24, 2.45) is 16.8 Å². The van der Waals surface area contributed by atoms with Crippen molar-refractivity contribution < 1.29 is 8.78 Å². The van der Waals surface area contributed by atoms with E-state index in [1.54, 1.807) is 25.4 Å². The maximum absolute atomic E-state index is 16.7. The summed E-state index contributed by atoms with van der Waals surface area (Å²) in [7, 11) is 1.72. The van der Waals surface area contributed by atoms with E-state index in [4.69, 9.17) is 15.0 Å². The van der Waals surface area contributed by atoms with Crippen molar-refractivity contribution in [3.05, 3.63) is 120 Å². The van der Waals surface area contributed by atoms with E-state index < -0.39 is 11.6 Å². The van der Waals surface area contributed by atoms with Crippen LogP contribution in [-0.4, -0.2) is 58.3 Å². The molecule has 5 rings (SSSR count). The number of allylic oxidation sites excluding steroid dienone is 2. The topological polar surface area (TPSA) is 47.9 Å². The van der Waals surface area contributed by atoms with Crippen molar-refractivity contribution in [1.29, 1.82) is 0 Å². The van der Waals surface area contributed by atoms with Crippen LogP contribution in [0.2, 0.25) is 0 Å². The van der Waals surface area contributed by atoms with Crippen LogP contribution >= 0.6 is 0 Å². The zero-order valence-electron chi connectivity index (χ0n) is 31.5. The van der Waals surface area contributed by atoms with Crippen LogP contribution in [0.3, 0.4) is 0 Å². The number of halogens is 2. The van der Waals surface area contributed by atoms with Crippen LogP contribution in [0.15, 0.2) is 91.4 Å². The minimum Gasteiger partial charge on any atom is -0.368 e. The van der Waals surface area contributed by atoms with Crippen LogP contribution in [0.4, 0.5) is 20.3 Å². The van der Waals surface area contributed by atoms with Gasteiger partial charge < -0.3 is 9.80 Å². The summed E-state index contributed by atoms with van der Waals surface area (Å²) in [5.41, 5.74) is 6.28. The number of hydrogen-bond acceptors (Lipinski definition) is 5. The molecule has 0 amide bonds. The number of rotatable bonds is 8. The molecule has 2 aliphatic rings. The first-order valence-corrected chi connectivity index (χ1v) is 18.2. The van der Waals surface area contributed by atoms with Gasteiger partial charge in [-0.15, -0.1) is 0 Å². The fourth-order valence-electron chi connectivity index (χ4n) is 7.58. The fourth-order valence-corrected chi connectivity index (χ4v) is 7.58. The molecule has 0 saturated carbocycles. The van der Waals surface area contributed by atoms with Crippen molar-refractivity contribution in [1.82, 2.24) is 19.8 Å². The number of aliphatic imine (C=N–C) groups is 1. The number of pyridine rings is 2. The summed E-state index contributed by atoms with van der Waals surface area (Å²) in [4.78, 5) is 21.2. The van der Waals surface area contributed by atoms with Gasteiger partial charge in [-0.1, -0.05) is 78.6 Å². The van der Waals surface area contributed by atoms with Gasteiger partial charge in [-0.05, 0) is 85.3 Å². The summed E-state index contributed by atoms with van der Waals surface area (Å²) in [6.45, 7) is 31.9. The zero-order valence-corrected chi connectivity index (χ0v) is 31.5. The number of aromatic nitrogens is 2. The second-order valence-corrected chi connectivity index (χ2v) is 14.7. The minimum atomic E-state index is -0.608. The predicted molar refractivity (Wildman–Crippen MR) is 209 cm³/mol. The van der Waals surface area contributed by atoms with E-state index in [0.29, 0.717) is 49.2 Å². The fraction of sp³-hybridized carbons (Fsp3) is 0.419. The van der Waals surface area contributed by atoms with Crippen LogP contribution in [-0.2, 0) is 6.42 Å². The van der Waals surface area contributed by atoms with Crippen molar-refractivity contribution >= 4 is 17.3 Å². The molecule has 1 aromatic carbocycles. The summed E-state index contributed by atoms with van der Waals surface area (Å²) < 4.78 is 32.7. The molecule has 3 aromatic rings. The Morgan fingerprint density at radius 1 is 1.06 bits per heavy atom. The van der Waals surface area contributed by atoms with Gasteiger partial charge in [0.05, 0.1) is 16.9 Å². The summed E-state index contributed by atoms with van der Waals surface area (Å²) >= 11 is 0. The Labute approximate surface area is 304 Å². The highest BCUT2D eigenvalue weighted by atomic mass is 19.1.